The molecule has 2 rings (SSSR count). The molecule has 1 aliphatic rings. The van der Waals surface area contributed by atoms with Crippen LogP contribution in [0.3, 0.4) is 0 Å². The number of morpholine rings is 1. The Kier molecular flexibility index (Phi) is 5.23. The van der Waals surface area contributed by atoms with E-state index in [-0.39, 0.29) is 24.3 Å². The molecule has 1 aliphatic heterocycles. The average Bonchev–Trinajstić information content (AvgIpc) is 2.46. The van der Waals surface area contributed by atoms with Gasteiger partial charge in [-0.3, -0.25) is 0 Å². The zero-order chi connectivity index (χ0) is 15.4. The number of benzene rings is 1. The standard InChI is InChI=1S/C17H26N2O2/c1-5-15-6-8-16(9-7-15)14(4)18-17(20)19-10-12(2)21-13(3)11-19/h6-9,12-14H,5,10-11H2,1-4H3,(H,18,20). The van der Waals surface area contributed by atoms with Gasteiger partial charge in [0.15, 0.2) is 0 Å². The van der Waals surface area contributed by atoms with Crippen molar-refractivity contribution in [2.24, 2.45) is 0 Å². The topological polar surface area (TPSA) is 41.6 Å². The molecule has 21 heavy (non-hydrogen) atoms. The van der Waals surface area contributed by atoms with Crippen molar-refractivity contribution < 1.29 is 9.53 Å². The van der Waals surface area contributed by atoms with Crippen LogP contribution in [0.25, 0.3) is 0 Å². The number of hydrogen-bond donors (Lipinski definition) is 1. The van der Waals surface area contributed by atoms with Gasteiger partial charge in [-0.05, 0) is 38.3 Å². The predicted octanol–water partition coefficient (Wildman–Crippen LogP) is 3.13. The second kappa shape index (κ2) is 6.94. The number of nitrogens with zero attached hydrogens (tertiary/aromatic N) is 1. The summed E-state index contributed by atoms with van der Waals surface area (Å²) in [7, 11) is 0. The molecule has 0 radical (unpaired) electrons. The Morgan fingerprint density at radius 3 is 2.38 bits per heavy atom. The molecule has 1 heterocycles. The first-order valence-corrected chi connectivity index (χ1v) is 7.79. The first-order valence-electron chi connectivity index (χ1n) is 7.79. The molecule has 2 amide bonds. The molecule has 1 fully saturated rings. The lowest BCUT2D eigenvalue weighted by molar-refractivity contribution is -0.0547. The van der Waals surface area contributed by atoms with Crippen LogP contribution >= 0.6 is 0 Å². The lowest BCUT2D eigenvalue weighted by Crippen LogP contribution is -2.52. The van der Waals surface area contributed by atoms with Crippen LogP contribution < -0.4 is 5.32 Å². The quantitative estimate of drug-likeness (QED) is 0.929. The van der Waals surface area contributed by atoms with E-state index in [1.165, 1.54) is 5.56 Å². The Hall–Kier alpha value is -1.55. The molecule has 4 nitrogen and oxygen atoms in total. The second-order valence-corrected chi connectivity index (χ2v) is 5.93. The molecule has 0 spiro atoms. The molecule has 1 aromatic carbocycles. The number of hydrogen-bond acceptors (Lipinski definition) is 2. The minimum Gasteiger partial charge on any atom is -0.372 e. The average molecular weight is 290 g/mol. The van der Waals surface area contributed by atoms with E-state index in [0.29, 0.717) is 13.1 Å². The van der Waals surface area contributed by atoms with Gasteiger partial charge in [0.05, 0.1) is 18.2 Å². The number of rotatable bonds is 3. The highest BCUT2D eigenvalue weighted by atomic mass is 16.5. The summed E-state index contributed by atoms with van der Waals surface area (Å²) in [6.45, 7) is 9.47. The van der Waals surface area contributed by atoms with Crippen LogP contribution in [0.15, 0.2) is 24.3 Å². The fraction of sp³-hybridized carbons (Fsp3) is 0.588. The van der Waals surface area contributed by atoms with Crippen molar-refractivity contribution >= 4 is 6.03 Å². The van der Waals surface area contributed by atoms with Gasteiger partial charge in [0.25, 0.3) is 0 Å². The van der Waals surface area contributed by atoms with Crippen molar-refractivity contribution in [3.05, 3.63) is 35.4 Å². The SMILES string of the molecule is CCc1ccc(C(C)NC(=O)N2CC(C)OC(C)C2)cc1. The molecule has 0 aliphatic carbocycles. The zero-order valence-corrected chi connectivity index (χ0v) is 13.4. The van der Waals surface area contributed by atoms with Crippen LogP contribution in [0.5, 0.6) is 0 Å². The highest BCUT2D eigenvalue weighted by molar-refractivity contribution is 5.74. The minimum atomic E-state index is -0.0101. The molecule has 3 atom stereocenters. The van der Waals surface area contributed by atoms with Gasteiger partial charge in [-0.25, -0.2) is 4.79 Å². The van der Waals surface area contributed by atoms with E-state index in [4.69, 9.17) is 4.74 Å². The van der Waals surface area contributed by atoms with E-state index < -0.39 is 0 Å². The number of urea groups is 1. The predicted molar refractivity (Wildman–Crippen MR) is 84.3 cm³/mol. The van der Waals surface area contributed by atoms with Crippen molar-refractivity contribution in [1.29, 1.82) is 0 Å². The van der Waals surface area contributed by atoms with Gasteiger partial charge in [-0.2, -0.15) is 0 Å². The van der Waals surface area contributed by atoms with Gasteiger partial charge >= 0.3 is 6.03 Å². The number of nitrogens with one attached hydrogen (secondary N) is 1. The number of ether oxygens (including phenoxy) is 1. The van der Waals surface area contributed by atoms with Gasteiger partial charge in [-0.1, -0.05) is 31.2 Å². The molecule has 0 saturated carbocycles. The Labute approximate surface area is 127 Å². The first-order chi connectivity index (χ1) is 9.99. The summed E-state index contributed by atoms with van der Waals surface area (Å²) in [5.74, 6) is 0. The smallest absolute Gasteiger partial charge is 0.318 e. The van der Waals surface area contributed by atoms with Crippen molar-refractivity contribution in [3.8, 4) is 0 Å². The van der Waals surface area contributed by atoms with Gasteiger partial charge in [-0.15, -0.1) is 0 Å². The molecule has 3 unspecified atom stereocenters. The van der Waals surface area contributed by atoms with E-state index in [2.05, 4.69) is 36.5 Å². The summed E-state index contributed by atoms with van der Waals surface area (Å²) >= 11 is 0. The highest BCUT2D eigenvalue weighted by Gasteiger charge is 2.26. The third-order valence-corrected chi connectivity index (χ3v) is 3.93. The van der Waals surface area contributed by atoms with E-state index in [1.54, 1.807) is 0 Å². The van der Waals surface area contributed by atoms with Crippen molar-refractivity contribution in [2.75, 3.05) is 13.1 Å². The third kappa shape index (κ3) is 4.21. The van der Waals surface area contributed by atoms with Crippen LogP contribution in [-0.2, 0) is 11.2 Å². The Bertz CT molecular complexity index is 462. The number of carbonyl (C=O) groups is 1. The van der Waals surface area contributed by atoms with Gasteiger partial charge in [0.1, 0.15) is 0 Å². The highest BCUT2D eigenvalue weighted by Crippen LogP contribution is 2.16. The van der Waals surface area contributed by atoms with E-state index in [9.17, 15) is 4.79 Å². The number of aryl methyl sites for hydroxylation is 1. The summed E-state index contributed by atoms with van der Waals surface area (Å²) in [5, 5.41) is 3.08. The summed E-state index contributed by atoms with van der Waals surface area (Å²) in [6.07, 6.45) is 1.22. The fourth-order valence-electron chi connectivity index (χ4n) is 2.75. The lowest BCUT2D eigenvalue weighted by atomic mass is 10.1. The summed E-state index contributed by atoms with van der Waals surface area (Å²) in [6, 6.07) is 8.43. The molecule has 4 heteroatoms. The van der Waals surface area contributed by atoms with Crippen LogP contribution in [0.1, 0.15) is 44.9 Å². The van der Waals surface area contributed by atoms with E-state index in [1.807, 2.05) is 25.7 Å². The van der Waals surface area contributed by atoms with E-state index in [0.717, 1.165) is 12.0 Å². The van der Waals surface area contributed by atoms with Crippen molar-refractivity contribution in [1.82, 2.24) is 10.2 Å². The van der Waals surface area contributed by atoms with Gasteiger partial charge < -0.3 is 15.0 Å². The zero-order valence-electron chi connectivity index (χ0n) is 13.4. The van der Waals surface area contributed by atoms with Crippen molar-refractivity contribution in [2.45, 2.75) is 52.4 Å². The number of carbonyl (C=O) groups excluding carboxylic acids is 1. The molecular formula is C17H26N2O2. The van der Waals surface area contributed by atoms with Gasteiger partial charge in [0, 0.05) is 13.1 Å². The maximum Gasteiger partial charge on any atom is 0.318 e. The first kappa shape index (κ1) is 15.8. The summed E-state index contributed by atoms with van der Waals surface area (Å²) in [5.41, 5.74) is 2.45. The van der Waals surface area contributed by atoms with Gasteiger partial charge in [0.2, 0.25) is 0 Å². The number of amides is 2. The molecule has 1 N–H and O–H groups in total. The summed E-state index contributed by atoms with van der Waals surface area (Å²) in [4.78, 5) is 14.2. The van der Waals surface area contributed by atoms with E-state index >= 15 is 0 Å². The Morgan fingerprint density at radius 2 is 1.86 bits per heavy atom. The van der Waals surface area contributed by atoms with Crippen LogP contribution in [0.4, 0.5) is 4.79 Å². The van der Waals surface area contributed by atoms with Crippen LogP contribution in [0, 0.1) is 0 Å². The van der Waals surface area contributed by atoms with Crippen molar-refractivity contribution in [3.63, 3.8) is 0 Å². The largest absolute Gasteiger partial charge is 0.372 e. The molecule has 0 bridgehead atoms. The molecule has 1 aromatic rings. The maximum atomic E-state index is 12.4. The Morgan fingerprint density at radius 1 is 1.29 bits per heavy atom. The third-order valence-electron chi connectivity index (χ3n) is 3.93. The normalized spacial score (nSPS) is 23.7. The molecule has 0 aromatic heterocycles. The Balaban J connectivity index is 1.94. The fourth-order valence-corrected chi connectivity index (χ4v) is 2.75. The summed E-state index contributed by atoms with van der Waals surface area (Å²) < 4.78 is 5.66. The molecule has 1 saturated heterocycles. The lowest BCUT2D eigenvalue weighted by Gasteiger charge is -2.35. The monoisotopic (exact) mass is 290 g/mol. The molecule has 116 valence electrons. The minimum absolute atomic E-state index is 0.0101. The maximum absolute atomic E-state index is 12.4. The second-order valence-electron chi connectivity index (χ2n) is 5.93. The van der Waals surface area contributed by atoms with Crippen LogP contribution in [-0.4, -0.2) is 36.2 Å². The molecular weight excluding hydrogens is 264 g/mol. The van der Waals surface area contributed by atoms with Crippen LogP contribution in [0.2, 0.25) is 0 Å².